The van der Waals surface area contributed by atoms with Gasteiger partial charge in [-0.15, -0.1) is 0 Å². The van der Waals surface area contributed by atoms with Crippen LogP contribution in [0.25, 0.3) is 0 Å². The van der Waals surface area contributed by atoms with E-state index in [4.69, 9.17) is 9.47 Å². The van der Waals surface area contributed by atoms with Crippen LogP contribution in [0.15, 0.2) is 30.6 Å². The molecule has 4 rings (SSSR count). The van der Waals surface area contributed by atoms with Gasteiger partial charge >= 0.3 is 0 Å². The lowest BCUT2D eigenvalue weighted by molar-refractivity contribution is -0.137. The third-order valence-corrected chi connectivity index (χ3v) is 5.45. The topological polar surface area (TPSA) is 56.6 Å². The molecule has 3 heterocycles. The molecule has 0 aliphatic carbocycles. The number of fused-ring (bicyclic) bond motifs is 1. The molecule has 1 amide bonds. The van der Waals surface area contributed by atoms with Crippen molar-refractivity contribution in [3.05, 3.63) is 41.7 Å². The number of carbonyl (C=O) groups is 1. The van der Waals surface area contributed by atoms with E-state index in [1.165, 1.54) is 5.56 Å². The highest BCUT2D eigenvalue weighted by atomic mass is 16.7. The minimum atomic E-state index is 0.0566. The zero-order chi connectivity index (χ0) is 18.9. The Morgan fingerprint density at radius 3 is 2.93 bits per heavy atom. The lowest BCUT2D eigenvalue weighted by Crippen LogP contribution is -2.45. The van der Waals surface area contributed by atoms with E-state index in [9.17, 15) is 4.79 Å². The van der Waals surface area contributed by atoms with Crippen LogP contribution in [0.4, 0.5) is 0 Å². The maximum Gasteiger partial charge on any atom is 0.231 e. The lowest BCUT2D eigenvalue weighted by atomic mass is 9.76. The normalized spacial score (nSPS) is 21.7. The number of carbonyl (C=O) groups excluding carboxylic acids is 1. The number of rotatable bonds is 6. The number of amides is 1. The number of benzene rings is 1. The van der Waals surface area contributed by atoms with Crippen molar-refractivity contribution in [1.82, 2.24) is 14.7 Å². The van der Waals surface area contributed by atoms with Gasteiger partial charge in [0.05, 0.1) is 6.20 Å². The van der Waals surface area contributed by atoms with Crippen molar-refractivity contribution >= 4 is 5.91 Å². The first-order chi connectivity index (χ1) is 13.0. The van der Waals surface area contributed by atoms with Crippen molar-refractivity contribution in [2.45, 2.75) is 52.6 Å². The van der Waals surface area contributed by atoms with Crippen LogP contribution in [-0.2, 0) is 24.3 Å². The molecule has 6 nitrogen and oxygen atoms in total. The summed E-state index contributed by atoms with van der Waals surface area (Å²) in [5, 5.41) is 4.39. The summed E-state index contributed by atoms with van der Waals surface area (Å²) in [6.07, 6.45) is 7.42. The molecule has 2 aliphatic rings. The summed E-state index contributed by atoms with van der Waals surface area (Å²) in [7, 11) is 0. The van der Waals surface area contributed by atoms with E-state index >= 15 is 0 Å². The molecule has 144 valence electrons. The fourth-order valence-electron chi connectivity index (χ4n) is 4.09. The molecule has 1 aromatic heterocycles. The van der Waals surface area contributed by atoms with E-state index in [2.05, 4.69) is 37.3 Å². The number of aromatic nitrogens is 2. The Balaban J connectivity index is 1.44. The van der Waals surface area contributed by atoms with Crippen LogP contribution in [0.1, 0.15) is 44.2 Å². The van der Waals surface area contributed by atoms with Crippen molar-refractivity contribution in [2.75, 3.05) is 13.3 Å². The Kier molecular flexibility index (Phi) is 4.81. The number of piperidine rings is 1. The molecule has 0 bridgehead atoms. The summed E-state index contributed by atoms with van der Waals surface area (Å²) in [5.41, 5.74) is 2.39. The molecule has 0 radical (unpaired) electrons. The fourth-order valence-corrected chi connectivity index (χ4v) is 4.09. The van der Waals surface area contributed by atoms with Crippen molar-refractivity contribution in [2.24, 2.45) is 5.41 Å². The predicted molar refractivity (Wildman–Crippen MR) is 102 cm³/mol. The molecule has 1 aromatic carbocycles. The van der Waals surface area contributed by atoms with Crippen LogP contribution in [0.5, 0.6) is 11.5 Å². The lowest BCUT2D eigenvalue weighted by Gasteiger charge is -2.40. The van der Waals surface area contributed by atoms with E-state index < -0.39 is 0 Å². The standard InChI is InChI=1S/C21H27N3O3/c1-3-8-24-13-17(11-22-24)12-23-14-21(2,7-6-20(23)25)10-16-4-5-18-19(9-16)27-15-26-18/h4-5,9,11,13H,3,6-8,10,12,14-15H2,1-2H3. The van der Waals surface area contributed by atoms with Crippen molar-refractivity contribution in [3.63, 3.8) is 0 Å². The van der Waals surface area contributed by atoms with Crippen LogP contribution >= 0.6 is 0 Å². The highest BCUT2D eigenvalue weighted by Gasteiger charge is 2.35. The van der Waals surface area contributed by atoms with Gasteiger partial charge in [0.1, 0.15) is 0 Å². The fraction of sp³-hybridized carbons (Fsp3) is 0.524. The number of ether oxygens (including phenoxy) is 2. The highest BCUT2D eigenvalue weighted by molar-refractivity contribution is 5.77. The molecule has 0 N–H and O–H groups in total. The average Bonchev–Trinajstić information content (AvgIpc) is 3.27. The first-order valence-corrected chi connectivity index (χ1v) is 9.72. The Morgan fingerprint density at radius 1 is 1.22 bits per heavy atom. The summed E-state index contributed by atoms with van der Waals surface area (Å²) in [6.45, 7) is 7.02. The second kappa shape index (κ2) is 7.25. The van der Waals surface area contributed by atoms with E-state index in [-0.39, 0.29) is 11.3 Å². The third-order valence-electron chi connectivity index (χ3n) is 5.45. The summed E-state index contributed by atoms with van der Waals surface area (Å²) >= 11 is 0. The van der Waals surface area contributed by atoms with Crippen molar-refractivity contribution in [1.29, 1.82) is 0 Å². The van der Waals surface area contributed by atoms with Crippen LogP contribution < -0.4 is 9.47 Å². The first-order valence-electron chi connectivity index (χ1n) is 9.72. The molecular formula is C21H27N3O3. The number of nitrogens with zero attached hydrogens (tertiary/aromatic N) is 3. The Morgan fingerprint density at radius 2 is 2.07 bits per heavy atom. The molecule has 27 heavy (non-hydrogen) atoms. The van der Waals surface area contributed by atoms with Gasteiger partial charge < -0.3 is 14.4 Å². The van der Waals surface area contributed by atoms with Crippen molar-refractivity contribution in [3.8, 4) is 11.5 Å². The van der Waals surface area contributed by atoms with Crippen molar-refractivity contribution < 1.29 is 14.3 Å². The molecule has 1 saturated heterocycles. The Bertz CT molecular complexity index is 832. The van der Waals surface area contributed by atoms with Gasteiger partial charge in [-0.05, 0) is 42.4 Å². The number of hydrogen-bond donors (Lipinski definition) is 0. The van der Waals surface area contributed by atoms with Gasteiger partial charge in [0, 0.05) is 37.8 Å². The Labute approximate surface area is 160 Å². The van der Waals surface area contributed by atoms with Crippen LogP contribution in [0, 0.1) is 5.41 Å². The average molecular weight is 369 g/mol. The largest absolute Gasteiger partial charge is 0.454 e. The molecule has 2 aliphatic heterocycles. The number of likely N-dealkylation sites (tertiary alicyclic amines) is 1. The summed E-state index contributed by atoms with van der Waals surface area (Å²) in [5.74, 6) is 1.87. The maximum atomic E-state index is 12.5. The van der Waals surface area contributed by atoms with E-state index in [0.29, 0.717) is 19.8 Å². The number of aryl methyl sites for hydroxylation is 1. The van der Waals surface area contributed by atoms with Crippen LogP contribution in [0.2, 0.25) is 0 Å². The first kappa shape index (κ1) is 17.9. The molecule has 1 unspecified atom stereocenters. The molecule has 6 heteroatoms. The molecule has 1 fully saturated rings. The van der Waals surface area contributed by atoms with Crippen LogP contribution in [0.3, 0.4) is 0 Å². The van der Waals surface area contributed by atoms with Gasteiger partial charge in [0.2, 0.25) is 12.7 Å². The SMILES string of the molecule is CCCn1cc(CN2CC(C)(Cc3ccc4c(c3)OCO4)CCC2=O)cn1. The van der Waals surface area contributed by atoms with Gasteiger partial charge in [-0.1, -0.05) is 19.9 Å². The van der Waals surface area contributed by atoms with Crippen LogP contribution in [-0.4, -0.2) is 33.9 Å². The quantitative estimate of drug-likeness (QED) is 0.783. The van der Waals surface area contributed by atoms with E-state index in [1.54, 1.807) is 0 Å². The van der Waals surface area contributed by atoms with Gasteiger partial charge in [-0.3, -0.25) is 9.48 Å². The van der Waals surface area contributed by atoms with E-state index in [1.807, 2.05) is 21.8 Å². The Hall–Kier alpha value is -2.50. The predicted octanol–water partition coefficient (Wildman–Crippen LogP) is 3.39. The maximum absolute atomic E-state index is 12.5. The molecular weight excluding hydrogens is 342 g/mol. The molecule has 0 saturated carbocycles. The van der Waals surface area contributed by atoms with E-state index in [0.717, 1.165) is 49.4 Å². The zero-order valence-electron chi connectivity index (χ0n) is 16.1. The summed E-state index contributed by atoms with van der Waals surface area (Å²) < 4.78 is 12.9. The van der Waals surface area contributed by atoms with Gasteiger partial charge in [0.25, 0.3) is 0 Å². The molecule has 2 aromatic rings. The minimum Gasteiger partial charge on any atom is -0.454 e. The van der Waals surface area contributed by atoms with Gasteiger partial charge in [0.15, 0.2) is 11.5 Å². The highest BCUT2D eigenvalue weighted by Crippen LogP contribution is 2.38. The second-order valence-corrected chi connectivity index (χ2v) is 8.04. The third kappa shape index (κ3) is 3.94. The van der Waals surface area contributed by atoms with Gasteiger partial charge in [-0.2, -0.15) is 5.10 Å². The monoisotopic (exact) mass is 369 g/mol. The smallest absolute Gasteiger partial charge is 0.231 e. The molecule has 0 spiro atoms. The summed E-state index contributed by atoms with van der Waals surface area (Å²) in [4.78, 5) is 14.5. The zero-order valence-corrected chi connectivity index (χ0v) is 16.1. The molecule has 1 atom stereocenters. The number of hydrogen-bond acceptors (Lipinski definition) is 4. The summed E-state index contributed by atoms with van der Waals surface area (Å²) in [6, 6.07) is 6.16. The minimum absolute atomic E-state index is 0.0566. The second-order valence-electron chi connectivity index (χ2n) is 8.04. The van der Waals surface area contributed by atoms with Gasteiger partial charge in [-0.25, -0.2) is 0 Å².